The van der Waals surface area contributed by atoms with Gasteiger partial charge in [-0.3, -0.25) is 9.78 Å². The maximum atomic E-state index is 12.9. The molecule has 6 heteroatoms. The standard InChI is InChI=1S/C22H20FNO3S/c23-18-6-10-21(11-7-18)28-14-12-22(25)27-15-17-4-8-20(9-5-17)26-16-19-3-1-2-13-24-19/h1-11,13H,12,14-16H2. The fourth-order valence-electron chi connectivity index (χ4n) is 2.34. The van der Waals surface area contributed by atoms with Crippen molar-refractivity contribution in [3.63, 3.8) is 0 Å². The number of aromatic nitrogens is 1. The molecule has 1 heterocycles. The van der Waals surface area contributed by atoms with E-state index >= 15 is 0 Å². The lowest BCUT2D eigenvalue weighted by Crippen LogP contribution is -2.05. The van der Waals surface area contributed by atoms with Gasteiger partial charge in [0, 0.05) is 16.8 Å². The Morgan fingerprint density at radius 2 is 1.75 bits per heavy atom. The summed E-state index contributed by atoms with van der Waals surface area (Å²) in [5.41, 5.74) is 1.75. The molecule has 0 fully saturated rings. The van der Waals surface area contributed by atoms with Gasteiger partial charge in [-0.05, 0) is 54.1 Å². The minimum absolute atomic E-state index is 0.223. The van der Waals surface area contributed by atoms with Gasteiger partial charge in [0.15, 0.2) is 0 Å². The van der Waals surface area contributed by atoms with Crippen LogP contribution in [0.5, 0.6) is 5.75 Å². The van der Waals surface area contributed by atoms with Gasteiger partial charge in [0.25, 0.3) is 0 Å². The van der Waals surface area contributed by atoms with Gasteiger partial charge in [-0.15, -0.1) is 11.8 Å². The number of pyridine rings is 1. The Kier molecular flexibility index (Phi) is 7.44. The molecule has 0 unspecified atom stereocenters. The number of hydrogen-bond donors (Lipinski definition) is 0. The van der Waals surface area contributed by atoms with E-state index in [-0.39, 0.29) is 18.4 Å². The second-order valence-electron chi connectivity index (χ2n) is 5.97. The Balaban J connectivity index is 1.35. The van der Waals surface area contributed by atoms with Gasteiger partial charge in [0.1, 0.15) is 24.8 Å². The molecule has 0 spiro atoms. The van der Waals surface area contributed by atoms with E-state index in [1.54, 1.807) is 18.3 Å². The first kappa shape index (κ1) is 19.9. The lowest BCUT2D eigenvalue weighted by Gasteiger charge is -2.08. The number of carbonyl (C=O) groups excluding carboxylic acids is 1. The molecule has 0 amide bonds. The third-order valence-electron chi connectivity index (χ3n) is 3.82. The van der Waals surface area contributed by atoms with Gasteiger partial charge >= 0.3 is 5.97 Å². The van der Waals surface area contributed by atoms with Crippen molar-refractivity contribution in [3.8, 4) is 5.75 Å². The fraction of sp³-hybridized carbons (Fsp3) is 0.182. The Hall–Kier alpha value is -2.86. The van der Waals surface area contributed by atoms with E-state index in [9.17, 15) is 9.18 Å². The average Bonchev–Trinajstić information content (AvgIpc) is 2.74. The van der Waals surface area contributed by atoms with Crippen molar-refractivity contribution < 1.29 is 18.7 Å². The van der Waals surface area contributed by atoms with Crippen LogP contribution in [0.15, 0.2) is 77.8 Å². The topological polar surface area (TPSA) is 48.4 Å². The molecular formula is C22H20FNO3S. The molecule has 3 aromatic rings. The van der Waals surface area contributed by atoms with E-state index < -0.39 is 0 Å². The van der Waals surface area contributed by atoms with Crippen LogP contribution < -0.4 is 4.74 Å². The number of halogens is 1. The number of ether oxygens (including phenoxy) is 2. The minimum atomic E-state index is -0.267. The minimum Gasteiger partial charge on any atom is -0.487 e. The van der Waals surface area contributed by atoms with Crippen LogP contribution in [0.1, 0.15) is 17.7 Å². The van der Waals surface area contributed by atoms with Crippen molar-refractivity contribution >= 4 is 17.7 Å². The molecule has 0 saturated heterocycles. The zero-order chi connectivity index (χ0) is 19.6. The second-order valence-corrected chi connectivity index (χ2v) is 7.14. The van der Waals surface area contributed by atoms with Crippen LogP contribution in [-0.4, -0.2) is 16.7 Å². The highest BCUT2D eigenvalue weighted by atomic mass is 32.2. The van der Waals surface area contributed by atoms with E-state index in [0.29, 0.717) is 18.8 Å². The summed E-state index contributed by atoms with van der Waals surface area (Å²) in [5, 5.41) is 0. The normalized spacial score (nSPS) is 10.5. The zero-order valence-electron chi connectivity index (χ0n) is 15.2. The highest BCUT2D eigenvalue weighted by Gasteiger charge is 2.05. The predicted molar refractivity (Wildman–Crippen MR) is 107 cm³/mol. The molecule has 28 heavy (non-hydrogen) atoms. The Bertz CT molecular complexity index is 871. The molecule has 1 aromatic heterocycles. The van der Waals surface area contributed by atoms with Gasteiger partial charge in [-0.1, -0.05) is 18.2 Å². The number of hydrogen-bond acceptors (Lipinski definition) is 5. The van der Waals surface area contributed by atoms with Gasteiger partial charge in [-0.2, -0.15) is 0 Å². The molecule has 0 aliphatic heterocycles. The maximum absolute atomic E-state index is 12.9. The summed E-state index contributed by atoms with van der Waals surface area (Å²) >= 11 is 1.50. The zero-order valence-corrected chi connectivity index (χ0v) is 16.0. The van der Waals surface area contributed by atoms with E-state index in [0.717, 1.165) is 21.9 Å². The first-order valence-electron chi connectivity index (χ1n) is 8.85. The molecule has 144 valence electrons. The van der Waals surface area contributed by atoms with Crippen molar-refractivity contribution in [2.45, 2.75) is 24.5 Å². The number of thioether (sulfide) groups is 1. The first-order valence-corrected chi connectivity index (χ1v) is 9.83. The van der Waals surface area contributed by atoms with Crippen molar-refractivity contribution in [3.05, 3.63) is 90.0 Å². The summed E-state index contributed by atoms with van der Waals surface area (Å²) in [6.45, 7) is 0.626. The van der Waals surface area contributed by atoms with Gasteiger partial charge in [0.05, 0.1) is 12.1 Å². The van der Waals surface area contributed by atoms with Crippen LogP contribution in [0.4, 0.5) is 4.39 Å². The number of carbonyl (C=O) groups is 1. The van der Waals surface area contributed by atoms with E-state index in [4.69, 9.17) is 9.47 Å². The molecule has 0 atom stereocenters. The van der Waals surface area contributed by atoms with E-state index in [2.05, 4.69) is 4.98 Å². The van der Waals surface area contributed by atoms with Crippen molar-refractivity contribution in [2.75, 3.05) is 5.75 Å². The van der Waals surface area contributed by atoms with Crippen LogP contribution in [0.25, 0.3) is 0 Å². The monoisotopic (exact) mass is 397 g/mol. The van der Waals surface area contributed by atoms with Gasteiger partial charge in [-0.25, -0.2) is 4.39 Å². The highest BCUT2D eigenvalue weighted by molar-refractivity contribution is 7.99. The van der Waals surface area contributed by atoms with Crippen LogP contribution in [0.3, 0.4) is 0 Å². The summed E-state index contributed by atoms with van der Waals surface area (Å²) in [6, 6.07) is 19.3. The molecule has 0 aliphatic carbocycles. The second kappa shape index (κ2) is 10.5. The molecule has 0 aliphatic rings. The number of esters is 1. The molecular weight excluding hydrogens is 377 g/mol. The lowest BCUT2D eigenvalue weighted by atomic mass is 10.2. The summed E-state index contributed by atoms with van der Waals surface area (Å²) in [6.07, 6.45) is 2.03. The third-order valence-corrected chi connectivity index (χ3v) is 4.84. The molecule has 0 radical (unpaired) electrons. The van der Waals surface area contributed by atoms with E-state index in [1.807, 2.05) is 42.5 Å². The predicted octanol–water partition coefficient (Wildman–Crippen LogP) is 5.03. The van der Waals surface area contributed by atoms with Crippen LogP contribution in [-0.2, 0) is 22.7 Å². The number of nitrogens with zero attached hydrogens (tertiary/aromatic N) is 1. The van der Waals surface area contributed by atoms with Crippen LogP contribution >= 0.6 is 11.8 Å². The fourth-order valence-corrected chi connectivity index (χ4v) is 3.17. The third kappa shape index (κ3) is 6.70. The van der Waals surface area contributed by atoms with Crippen molar-refractivity contribution in [1.82, 2.24) is 4.98 Å². The lowest BCUT2D eigenvalue weighted by molar-refractivity contribution is -0.144. The SMILES string of the molecule is O=C(CCSc1ccc(F)cc1)OCc1ccc(OCc2ccccn2)cc1. The summed E-state index contributed by atoms with van der Waals surface area (Å²) < 4.78 is 23.8. The molecule has 3 rings (SSSR count). The Labute approximate surface area is 167 Å². The Morgan fingerprint density at radius 3 is 2.46 bits per heavy atom. The van der Waals surface area contributed by atoms with Crippen molar-refractivity contribution in [1.29, 1.82) is 0 Å². The van der Waals surface area contributed by atoms with Gasteiger partial charge < -0.3 is 9.47 Å². The molecule has 0 N–H and O–H groups in total. The van der Waals surface area contributed by atoms with Crippen LogP contribution in [0.2, 0.25) is 0 Å². The van der Waals surface area contributed by atoms with Gasteiger partial charge in [0.2, 0.25) is 0 Å². The van der Waals surface area contributed by atoms with E-state index in [1.165, 1.54) is 23.9 Å². The Morgan fingerprint density at radius 1 is 0.964 bits per heavy atom. The summed E-state index contributed by atoms with van der Waals surface area (Å²) in [5.74, 6) is 0.795. The summed E-state index contributed by atoms with van der Waals surface area (Å²) in [4.78, 5) is 17.0. The van der Waals surface area contributed by atoms with Crippen LogP contribution in [0, 0.1) is 5.82 Å². The highest BCUT2D eigenvalue weighted by Crippen LogP contribution is 2.19. The van der Waals surface area contributed by atoms with Crippen molar-refractivity contribution in [2.24, 2.45) is 0 Å². The molecule has 0 bridgehead atoms. The maximum Gasteiger partial charge on any atom is 0.306 e. The average molecular weight is 397 g/mol. The molecule has 0 saturated carbocycles. The molecule has 4 nitrogen and oxygen atoms in total. The number of benzene rings is 2. The quantitative estimate of drug-likeness (QED) is 0.375. The summed E-state index contributed by atoms with van der Waals surface area (Å²) in [7, 11) is 0. The molecule has 2 aromatic carbocycles. The number of rotatable bonds is 9. The first-order chi connectivity index (χ1) is 13.7. The smallest absolute Gasteiger partial charge is 0.306 e. The largest absolute Gasteiger partial charge is 0.487 e.